The number of pyridine rings is 1. The smallest absolute Gasteiger partial charge is 0.203 e. The molecule has 2 aromatic carbocycles. The first-order valence-corrected chi connectivity index (χ1v) is 8.62. The second kappa shape index (κ2) is 7.89. The third-order valence-corrected chi connectivity index (χ3v) is 4.55. The summed E-state index contributed by atoms with van der Waals surface area (Å²) < 4.78 is 16.6. The molecule has 142 valence electrons. The van der Waals surface area contributed by atoms with Crippen molar-refractivity contribution < 1.29 is 14.2 Å². The second-order valence-corrected chi connectivity index (χ2v) is 6.07. The molecule has 0 amide bonds. The van der Waals surface area contributed by atoms with Gasteiger partial charge in [-0.25, -0.2) is 4.98 Å². The van der Waals surface area contributed by atoms with Gasteiger partial charge in [-0.3, -0.25) is 0 Å². The largest absolute Gasteiger partial charge is 0.493 e. The Morgan fingerprint density at radius 1 is 0.893 bits per heavy atom. The quantitative estimate of drug-likeness (QED) is 0.719. The van der Waals surface area contributed by atoms with Crippen molar-refractivity contribution in [2.45, 2.75) is 6.92 Å². The molecule has 0 aliphatic heterocycles. The van der Waals surface area contributed by atoms with Gasteiger partial charge in [-0.1, -0.05) is 30.3 Å². The highest BCUT2D eigenvalue weighted by atomic mass is 16.5. The minimum Gasteiger partial charge on any atom is -0.493 e. The molecule has 1 heterocycles. The number of ether oxygens (including phenoxy) is 3. The van der Waals surface area contributed by atoms with E-state index in [9.17, 15) is 5.26 Å². The van der Waals surface area contributed by atoms with Crippen LogP contribution in [0.1, 0.15) is 11.3 Å². The van der Waals surface area contributed by atoms with E-state index in [1.54, 1.807) is 27.4 Å². The van der Waals surface area contributed by atoms with Crippen LogP contribution in [-0.2, 0) is 0 Å². The van der Waals surface area contributed by atoms with Crippen LogP contribution in [0, 0.1) is 18.3 Å². The molecule has 0 unspecified atom stereocenters. The minimum absolute atomic E-state index is 0.173. The number of nitrogen functional groups attached to an aromatic ring is 1. The molecule has 0 atom stereocenters. The van der Waals surface area contributed by atoms with Gasteiger partial charge in [-0.15, -0.1) is 0 Å². The average molecular weight is 375 g/mol. The van der Waals surface area contributed by atoms with Gasteiger partial charge in [0.25, 0.3) is 0 Å². The molecule has 0 spiro atoms. The number of hydrogen-bond donors (Lipinski definition) is 1. The fraction of sp³-hybridized carbons (Fsp3) is 0.182. The van der Waals surface area contributed by atoms with Crippen LogP contribution in [0.15, 0.2) is 42.5 Å². The SMILES string of the molecule is COc1ccc(-c2c(C#N)c(N)nc(C)c2-c2ccccc2)c(OC)c1OC. The average Bonchev–Trinajstić information content (AvgIpc) is 2.72. The van der Waals surface area contributed by atoms with Crippen LogP contribution >= 0.6 is 0 Å². The summed E-state index contributed by atoms with van der Waals surface area (Å²) >= 11 is 0. The molecule has 1 aromatic heterocycles. The Labute approximate surface area is 164 Å². The lowest BCUT2D eigenvalue weighted by Gasteiger charge is -2.20. The number of benzene rings is 2. The van der Waals surface area contributed by atoms with E-state index in [0.717, 1.165) is 16.8 Å². The third-order valence-electron chi connectivity index (χ3n) is 4.55. The molecule has 3 rings (SSSR count). The summed E-state index contributed by atoms with van der Waals surface area (Å²) in [7, 11) is 4.65. The summed E-state index contributed by atoms with van der Waals surface area (Å²) in [6.07, 6.45) is 0. The molecular weight excluding hydrogens is 354 g/mol. The molecule has 6 heteroatoms. The normalized spacial score (nSPS) is 10.2. The van der Waals surface area contributed by atoms with E-state index in [-0.39, 0.29) is 11.4 Å². The Morgan fingerprint density at radius 2 is 1.57 bits per heavy atom. The van der Waals surface area contributed by atoms with Crippen molar-refractivity contribution in [2.24, 2.45) is 0 Å². The van der Waals surface area contributed by atoms with Gasteiger partial charge < -0.3 is 19.9 Å². The van der Waals surface area contributed by atoms with E-state index < -0.39 is 0 Å². The number of nitrogens with zero attached hydrogens (tertiary/aromatic N) is 2. The highest BCUT2D eigenvalue weighted by Gasteiger charge is 2.25. The van der Waals surface area contributed by atoms with Gasteiger partial charge in [0.2, 0.25) is 5.75 Å². The van der Waals surface area contributed by atoms with Gasteiger partial charge in [0.15, 0.2) is 11.5 Å². The lowest BCUT2D eigenvalue weighted by Crippen LogP contribution is -2.05. The Hall–Kier alpha value is -3.72. The molecule has 0 bridgehead atoms. The van der Waals surface area contributed by atoms with Crippen LogP contribution in [0.5, 0.6) is 17.2 Å². The zero-order valence-electron chi connectivity index (χ0n) is 16.2. The first-order chi connectivity index (χ1) is 13.6. The van der Waals surface area contributed by atoms with Gasteiger partial charge in [0, 0.05) is 22.4 Å². The van der Waals surface area contributed by atoms with E-state index in [2.05, 4.69) is 11.1 Å². The number of methoxy groups -OCH3 is 3. The standard InChI is InChI=1S/C22H21N3O3/c1-13-18(14-8-6-5-7-9-14)19(16(12-23)22(24)25-13)15-10-11-17(26-2)21(28-4)20(15)27-3/h5-11H,1-4H3,(H2,24,25). The predicted octanol–water partition coefficient (Wildman–Crippen LogP) is 4.20. The molecule has 0 saturated heterocycles. The predicted molar refractivity (Wildman–Crippen MR) is 109 cm³/mol. The number of nitrogens with two attached hydrogens (primary N) is 1. The summed E-state index contributed by atoms with van der Waals surface area (Å²) in [5.74, 6) is 1.60. The Balaban J connectivity index is 2.48. The van der Waals surface area contributed by atoms with Gasteiger partial charge >= 0.3 is 0 Å². The minimum atomic E-state index is 0.173. The van der Waals surface area contributed by atoms with Gasteiger partial charge in [0.1, 0.15) is 17.5 Å². The van der Waals surface area contributed by atoms with E-state index >= 15 is 0 Å². The Bertz CT molecular complexity index is 1060. The summed E-state index contributed by atoms with van der Waals surface area (Å²) in [4.78, 5) is 4.40. The summed E-state index contributed by atoms with van der Waals surface area (Å²) in [5, 5.41) is 9.85. The molecule has 0 radical (unpaired) electrons. The second-order valence-electron chi connectivity index (χ2n) is 6.07. The molecule has 0 fully saturated rings. The number of aromatic nitrogens is 1. The number of nitriles is 1. The third kappa shape index (κ3) is 3.08. The molecule has 28 heavy (non-hydrogen) atoms. The van der Waals surface area contributed by atoms with Crippen LogP contribution < -0.4 is 19.9 Å². The number of anilines is 1. The van der Waals surface area contributed by atoms with Crippen molar-refractivity contribution >= 4 is 5.82 Å². The van der Waals surface area contributed by atoms with E-state index in [0.29, 0.717) is 28.4 Å². The van der Waals surface area contributed by atoms with Crippen molar-refractivity contribution in [3.8, 4) is 45.6 Å². The van der Waals surface area contributed by atoms with Crippen LogP contribution in [0.4, 0.5) is 5.82 Å². The monoisotopic (exact) mass is 375 g/mol. The molecular formula is C22H21N3O3. The Morgan fingerprint density at radius 3 is 2.14 bits per heavy atom. The summed E-state index contributed by atoms with van der Waals surface area (Å²) in [5.41, 5.74) is 10.2. The first kappa shape index (κ1) is 19.1. The maximum atomic E-state index is 9.85. The van der Waals surface area contributed by atoms with Crippen molar-refractivity contribution in [3.63, 3.8) is 0 Å². The van der Waals surface area contributed by atoms with E-state index in [4.69, 9.17) is 19.9 Å². The molecule has 2 N–H and O–H groups in total. The maximum Gasteiger partial charge on any atom is 0.203 e. The summed E-state index contributed by atoms with van der Waals surface area (Å²) in [6, 6.07) is 15.6. The molecule has 0 aliphatic rings. The van der Waals surface area contributed by atoms with Gasteiger partial charge in [0.05, 0.1) is 21.3 Å². The first-order valence-electron chi connectivity index (χ1n) is 8.62. The van der Waals surface area contributed by atoms with Crippen LogP contribution in [-0.4, -0.2) is 26.3 Å². The van der Waals surface area contributed by atoms with Crippen molar-refractivity contribution in [1.29, 1.82) is 5.26 Å². The van der Waals surface area contributed by atoms with Crippen molar-refractivity contribution in [1.82, 2.24) is 4.98 Å². The molecule has 6 nitrogen and oxygen atoms in total. The zero-order valence-corrected chi connectivity index (χ0v) is 16.2. The zero-order chi connectivity index (χ0) is 20.3. The van der Waals surface area contributed by atoms with E-state index in [1.165, 1.54) is 0 Å². The lowest BCUT2D eigenvalue weighted by atomic mass is 9.89. The fourth-order valence-corrected chi connectivity index (χ4v) is 3.37. The number of hydrogen-bond acceptors (Lipinski definition) is 6. The molecule has 3 aromatic rings. The van der Waals surface area contributed by atoms with Crippen molar-refractivity contribution in [3.05, 3.63) is 53.7 Å². The van der Waals surface area contributed by atoms with Gasteiger partial charge in [-0.2, -0.15) is 5.26 Å². The number of rotatable bonds is 5. The maximum absolute atomic E-state index is 9.85. The topological polar surface area (TPSA) is 90.4 Å². The number of aryl methyl sites for hydroxylation is 1. The highest BCUT2D eigenvalue weighted by molar-refractivity contribution is 5.94. The van der Waals surface area contributed by atoms with Crippen LogP contribution in [0.2, 0.25) is 0 Å². The summed E-state index contributed by atoms with van der Waals surface area (Å²) in [6.45, 7) is 1.87. The van der Waals surface area contributed by atoms with Crippen LogP contribution in [0.25, 0.3) is 22.3 Å². The van der Waals surface area contributed by atoms with Crippen LogP contribution in [0.3, 0.4) is 0 Å². The molecule has 0 saturated carbocycles. The Kier molecular flexibility index (Phi) is 5.37. The lowest BCUT2D eigenvalue weighted by molar-refractivity contribution is 0.325. The van der Waals surface area contributed by atoms with Crippen molar-refractivity contribution in [2.75, 3.05) is 27.1 Å². The van der Waals surface area contributed by atoms with E-state index in [1.807, 2.05) is 43.3 Å². The van der Waals surface area contributed by atoms with Gasteiger partial charge in [-0.05, 0) is 24.6 Å². The fourth-order valence-electron chi connectivity index (χ4n) is 3.37. The highest BCUT2D eigenvalue weighted by Crippen LogP contribution is 2.48. The molecule has 0 aliphatic carbocycles.